The summed E-state index contributed by atoms with van der Waals surface area (Å²) < 4.78 is 5.47. The Balaban J connectivity index is 2.22. The number of ether oxygens (including phenoxy) is 1. The average molecular weight is 303 g/mol. The Morgan fingerprint density at radius 3 is 2.24 bits per heavy atom. The van der Waals surface area contributed by atoms with Crippen molar-refractivity contribution in [2.75, 3.05) is 6.61 Å². The maximum Gasteiger partial charge on any atom is 0.119 e. The van der Waals surface area contributed by atoms with Gasteiger partial charge in [0.25, 0.3) is 0 Å². The van der Waals surface area contributed by atoms with Crippen molar-refractivity contribution < 1.29 is 4.74 Å². The van der Waals surface area contributed by atoms with Gasteiger partial charge in [-0.15, -0.1) is 0 Å². The summed E-state index contributed by atoms with van der Waals surface area (Å²) in [4.78, 5) is 0. The van der Waals surface area contributed by atoms with Crippen LogP contribution in [0.25, 0.3) is 0 Å². The molecule has 0 atom stereocenters. The lowest BCUT2D eigenvalue weighted by Crippen LogP contribution is -2.11. The summed E-state index contributed by atoms with van der Waals surface area (Å²) in [6, 6.07) is 14.6. The zero-order valence-corrected chi connectivity index (χ0v) is 14.0. The van der Waals surface area contributed by atoms with Crippen molar-refractivity contribution in [1.29, 1.82) is 0 Å². The van der Waals surface area contributed by atoms with Gasteiger partial charge >= 0.3 is 0 Å². The summed E-state index contributed by atoms with van der Waals surface area (Å²) in [5, 5.41) is 0.830. The first-order valence-electron chi connectivity index (χ1n) is 7.41. The van der Waals surface area contributed by atoms with Crippen LogP contribution in [0.4, 0.5) is 0 Å². The van der Waals surface area contributed by atoms with Gasteiger partial charge in [-0.05, 0) is 53.6 Å². The van der Waals surface area contributed by atoms with E-state index in [1.165, 1.54) is 16.7 Å². The summed E-state index contributed by atoms with van der Waals surface area (Å²) in [7, 11) is 0. The van der Waals surface area contributed by atoms with E-state index in [1.54, 1.807) is 0 Å². The van der Waals surface area contributed by atoms with Gasteiger partial charge < -0.3 is 4.74 Å². The van der Waals surface area contributed by atoms with Crippen molar-refractivity contribution in [3.8, 4) is 5.75 Å². The second-order valence-corrected chi connectivity index (χ2v) is 6.72. The maximum atomic E-state index is 6.35. The van der Waals surface area contributed by atoms with Gasteiger partial charge in [-0.2, -0.15) is 0 Å². The fourth-order valence-corrected chi connectivity index (χ4v) is 2.45. The lowest BCUT2D eigenvalue weighted by Gasteiger charge is -2.20. The van der Waals surface area contributed by atoms with Crippen LogP contribution in [-0.2, 0) is 11.8 Å². The third-order valence-corrected chi connectivity index (χ3v) is 3.91. The molecule has 0 aliphatic carbocycles. The first-order valence-corrected chi connectivity index (χ1v) is 7.78. The predicted molar refractivity (Wildman–Crippen MR) is 90.6 cm³/mol. The van der Waals surface area contributed by atoms with Crippen molar-refractivity contribution in [3.05, 3.63) is 64.2 Å². The van der Waals surface area contributed by atoms with Gasteiger partial charge in [-0.3, -0.25) is 0 Å². The van der Waals surface area contributed by atoms with Crippen LogP contribution in [0.1, 0.15) is 44.4 Å². The summed E-state index contributed by atoms with van der Waals surface area (Å²) in [6.45, 7) is 9.34. The molecular formula is C19H23ClO. The van der Waals surface area contributed by atoms with Crippen LogP contribution >= 0.6 is 11.6 Å². The van der Waals surface area contributed by atoms with E-state index in [4.69, 9.17) is 16.3 Å². The Morgan fingerprint density at radius 1 is 1.00 bits per heavy atom. The fraction of sp³-hybridized carbons (Fsp3) is 0.368. The minimum atomic E-state index is 0.137. The Morgan fingerprint density at radius 2 is 1.67 bits per heavy atom. The molecular weight excluding hydrogens is 280 g/mol. The van der Waals surface area contributed by atoms with Crippen LogP contribution < -0.4 is 4.74 Å². The molecule has 21 heavy (non-hydrogen) atoms. The van der Waals surface area contributed by atoms with E-state index in [0.717, 1.165) is 17.2 Å². The van der Waals surface area contributed by atoms with Crippen LogP contribution in [0.2, 0.25) is 5.02 Å². The second-order valence-electron chi connectivity index (χ2n) is 6.31. The molecule has 0 fully saturated rings. The number of benzene rings is 2. The fourth-order valence-electron chi connectivity index (χ4n) is 2.27. The number of hydrogen-bond acceptors (Lipinski definition) is 1. The van der Waals surface area contributed by atoms with Crippen molar-refractivity contribution in [2.45, 2.75) is 39.5 Å². The van der Waals surface area contributed by atoms with Crippen molar-refractivity contribution in [2.24, 2.45) is 0 Å². The molecule has 0 radical (unpaired) electrons. The first-order chi connectivity index (χ1) is 9.90. The Labute approximate surface area is 132 Å². The quantitative estimate of drug-likeness (QED) is 0.711. The highest BCUT2D eigenvalue weighted by Crippen LogP contribution is 2.28. The molecule has 2 aromatic carbocycles. The summed E-state index contributed by atoms with van der Waals surface area (Å²) in [6.07, 6.45) is 0.842. The lowest BCUT2D eigenvalue weighted by atomic mass is 9.85. The largest absolute Gasteiger partial charge is 0.494 e. The zero-order valence-electron chi connectivity index (χ0n) is 13.2. The maximum absolute atomic E-state index is 6.35. The van der Waals surface area contributed by atoms with E-state index < -0.39 is 0 Å². The molecule has 0 amide bonds. The van der Waals surface area contributed by atoms with Gasteiger partial charge in [0.05, 0.1) is 6.61 Å². The molecule has 0 aromatic heterocycles. The molecule has 0 spiro atoms. The molecule has 0 saturated heterocycles. The standard InChI is InChI=1S/C19H23ClO/c1-5-21-17-9-6-14(7-10-17)12-15-13-16(19(2,3)4)8-11-18(15)20/h6-11,13H,5,12H2,1-4H3. The van der Waals surface area contributed by atoms with Gasteiger partial charge in [0.15, 0.2) is 0 Å². The summed E-state index contributed by atoms with van der Waals surface area (Å²) in [5.74, 6) is 0.913. The van der Waals surface area contributed by atoms with E-state index in [9.17, 15) is 0 Å². The second kappa shape index (κ2) is 6.53. The van der Waals surface area contributed by atoms with Crippen LogP contribution in [0.5, 0.6) is 5.75 Å². The highest BCUT2D eigenvalue weighted by molar-refractivity contribution is 6.31. The molecule has 2 heteroatoms. The van der Waals surface area contributed by atoms with Crippen LogP contribution in [-0.4, -0.2) is 6.61 Å². The first kappa shape index (κ1) is 15.9. The Hall–Kier alpha value is -1.47. The molecule has 2 rings (SSSR count). The third kappa shape index (κ3) is 4.25. The van der Waals surface area contributed by atoms with E-state index in [-0.39, 0.29) is 5.41 Å². The lowest BCUT2D eigenvalue weighted by molar-refractivity contribution is 0.340. The SMILES string of the molecule is CCOc1ccc(Cc2cc(C(C)(C)C)ccc2Cl)cc1. The smallest absolute Gasteiger partial charge is 0.119 e. The van der Waals surface area contributed by atoms with Crippen LogP contribution in [0, 0.1) is 0 Å². The predicted octanol–water partition coefficient (Wildman–Crippen LogP) is 5.63. The molecule has 0 saturated carbocycles. The molecule has 0 aliphatic rings. The van der Waals surface area contributed by atoms with Crippen molar-refractivity contribution in [3.63, 3.8) is 0 Å². The van der Waals surface area contributed by atoms with Gasteiger partial charge in [-0.25, -0.2) is 0 Å². The zero-order chi connectivity index (χ0) is 15.5. The number of hydrogen-bond donors (Lipinski definition) is 0. The molecule has 0 unspecified atom stereocenters. The molecule has 1 nitrogen and oxygen atoms in total. The van der Waals surface area contributed by atoms with Crippen molar-refractivity contribution in [1.82, 2.24) is 0 Å². The molecule has 0 aliphatic heterocycles. The minimum Gasteiger partial charge on any atom is -0.494 e. The van der Waals surface area contributed by atoms with Crippen LogP contribution in [0.3, 0.4) is 0 Å². The monoisotopic (exact) mass is 302 g/mol. The van der Waals surface area contributed by atoms with E-state index in [0.29, 0.717) is 6.61 Å². The van der Waals surface area contributed by atoms with Gasteiger partial charge in [0, 0.05) is 5.02 Å². The Bertz CT molecular complexity index is 594. The van der Waals surface area contributed by atoms with Gasteiger partial charge in [0.1, 0.15) is 5.75 Å². The number of halogens is 1. The van der Waals surface area contributed by atoms with E-state index in [2.05, 4.69) is 45.0 Å². The topological polar surface area (TPSA) is 9.23 Å². The number of rotatable bonds is 4. The van der Waals surface area contributed by atoms with E-state index >= 15 is 0 Å². The molecule has 2 aromatic rings. The normalized spacial score (nSPS) is 11.5. The van der Waals surface area contributed by atoms with Crippen LogP contribution in [0.15, 0.2) is 42.5 Å². The molecule has 0 N–H and O–H groups in total. The average Bonchev–Trinajstić information content (AvgIpc) is 2.42. The van der Waals surface area contributed by atoms with E-state index in [1.807, 2.05) is 25.1 Å². The minimum absolute atomic E-state index is 0.137. The highest BCUT2D eigenvalue weighted by Gasteiger charge is 2.15. The summed E-state index contributed by atoms with van der Waals surface area (Å²) >= 11 is 6.35. The molecule has 112 valence electrons. The Kier molecular flexibility index (Phi) is 4.95. The third-order valence-electron chi connectivity index (χ3n) is 3.54. The van der Waals surface area contributed by atoms with Gasteiger partial charge in [-0.1, -0.05) is 56.6 Å². The van der Waals surface area contributed by atoms with Crippen molar-refractivity contribution >= 4 is 11.6 Å². The highest BCUT2D eigenvalue weighted by atomic mass is 35.5. The molecule has 0 bridgehead atoms. The molecule has 0 heterocycles. The summed E-state index contributed by atoms with van der Waals surface area (Å²) in [5.41, 5.74) is 3.87. The van der Waals surface area contributed by atoms with Gasteiger partial charge in [0.2, 0.25) is 0 Å².